The fourth-order valence-corrected chi connectivity index (χ4v) is 1.14. The molecule has 2 aliphatic heterocycles. The van der Waals surface area contributed by atoms with Crippen LogP contribution in [0.1, 0.15) is 6.92 Å². The van der Waals surface area contributed by atoms with Gasteiger partial charge in [0.05, 0.1) is 5.70 Å². The van der Waals surface area contributed by atoms with E-state index >= 15 is 0 Å². The van der Waals surface area contributed by atoms with Gasteiger partial charge in [-0.2, -0.15) is 0 Å². The molecule has 0 fully saturated rings. The second-order valence-corrected chi connectivity index (χ2v) is 2.51. The van der Waals surface area contributed by atoms with Crippen LogP contribution in [0.5, 0.6) is 0 Å². The van der Waals surface area contributed by atoms with Gasteiger partial charge in [-0.1, -0.05) is 6.08 Å². The van der Waals surface area contributed by atoms with Crippen molar-refractivity contribution < 1.29 is 20.0 Å². The Morgan fingerprint density at radius 1 is 1.46 bits per heavy atom. The van der Waals surface area contributed by atoms with E-state index in [4.69, 9.17) is 0 Å². The molecule has 0 saturated heterocycles. The Morgan fingerprint density at radius 2 is 2.23 bits per heavy atom. The van der Waals surface area contributed by atoms with E-state index in [1.165, 1.54) is 5.70 Å². The molecule has 0 aromatic carbocycles. The molecule has 0 N–H and O–H groups in total. The minimum absolute atomic E-state index is 0.974. The summed E-state index contributed by atoms with van der Waals surface area (Å²) in [4.78, 5) is 4.03. The molecular formula is C9H10AuClN2. The van der Waals surface area contributed by atoms with Crippen molar-refractivity contribution in [2.45, 2.75) is 6.92 Å². The molecule has 2 rings (SSSR count). The van der Waals surface area contributed by atoms with Crippen LogP contribution in [-0.4, -0.2) is 16.3 Å². The van der Waals surface area contributed by atoms with E-state index in [1.54, 1.807) is 20.0 Å². The molecule has 0 aliphatic carbocycles. The summed E-state index contributed by atoms with van der Waals surface area (Å²) in [5.41, 5.74) is 1.19. The van der Waals surface area contributed by atoms with Gasteiger partial charge in [0.15, 0.2) is 0 Å². The van der Waals surface area contributed by atoms with Crippen LogP contribution in [0.25, 0.3) is 0 Å². The average Bonchev–Trinajstić information content (AvgIpc) is 2.63. The Kier molecular flexibility index (Phi) is 4.67. The number of allylic oxidation sites excluding steroid dienone is 3. The van der Waals surface area contributed by atoms with E-state index < -0.39 is 0 Å². The summed E-state index contributed by atoms with van der Waals surface area (Å²) < 4.78 is 0. The molecule has 13 heavy (non-hydrogen) atoms. The number of hydrogen-bond donors (Lipinski definition) is 0. The topological polar surface area (TPSA) is 6.48 Å². The zero-order chi connectivity index (χ0) is 9.68. The molecule has 2 radical (unpaired) electrons. The SMILES string of the molecule is CCN1[C]N2C=CC=CC2=C1.[Cl][Au]. The van der Waals surface area contributed by atoms with Crippen molar-refractivity contribution in [3.05, 3.63) is 43.0 Å². The second-order valence-electron chi connectivity index (χ2n) is 2.51. The molecular weight excluding hydrogens is 369 g/mol. The van der Waals surface area contributed by atoms with Crippen LogP contribution in [0.15, 0.2) is 36.3 Å². The maximum atomic E-state index is 4.58. The maximum absolute atomic E-state index is 4.58. The molecule has 0 spiro atoms. The van der Waals surface area contributed by atoms with Crippen molar-refractivity contribution in [2.75, 3.05) is 6.54 Å². The minimum atomic E-state index is 0.974. The first-order chi connectivity index (χ1) is 6.40. The Balaban J connectivity index is 0.000000396. The van der Waals surface area contributed by atoms with E-state index in [2.05, 4.69) is 35.1 Å². The van der Waals surface area contributed by atoms with E-state index in [0.29, 0.717) is 0 Å². The molecule has 0 bridgehead atoms. The monoisotopic (exact) mass is 378 g/mol. The second kappa shape index (κ2) is 5.55. The summed E-state index contributed by atoms with van der Waals surface area (Å²) in [5, 5.41) is 0. The number of fused-ring (bicyclic) bond motifs is 1. The first kappa shape index (κ1) is 10.9. The van der Waals surface area contributed by atoms with Crippen molar-refractivity contribution in [1.29, 1.82) is 0 Å². The van der Waals surface area contributed by atoms with Crippen LogP contribution in [0.2, 0.25) is 0 Å². The Morgan fingerprint density at radius 3 is 2.85 bits per heavy atom. The number of rotatable bonds is 1. The van der Waals surface area contributed by atoms with Gasteiger partial charge < -0.3 is 9.80 Å². The van der Waals surface area contributed by atoms with Crippen LogP contribution in [0.3, 0.4) is 0 Å². The molecule has 4 heteroatoms. The van der Waals surface area contributed by atoms with Gasteiger partial charge in [-0.3, -0.25) is 0 Å². The molecule has 0 unspecified atom stereocenters. The fourth-order valence-electron chi connectivity index (χ4n) is 1.14. The van der Waals surface area contributed by atoms with Gasteiger partial charge >= 0.3 is 29.2 Å². The molecule has 0 atom stereocenters. The van der Waals surface area contributed by atoms with Crippen LogP contribution in [0.4, 0.5) is 0 Å². The molecule has 0 amide bonds. The summed E-state index contributed by atoms with van der Waals surface area (Å²) in [6.07, 6.45) is 10.2. The van der Waals surface area contributed by atoms with E-state index in [1.807, 2.05) is 28.2 Å². The number of nitrogens with zero attached hydrogens (tertiary/aromatic N) is 2. The number of halogens is 1. The summed E-state index contributed by atoms with van der Waals surface area (Å²) in [7, 11) is 4.58. The molecule has 2 nitrogen and oxygen atoms in total. The predicted octanol–water partition coefficient (Wildman–Crippen LogP) is 2.23. The van der Waals surface area contributed by atoms with Gasteiger partial charge in [-0.05, 0) is 19.1 Å². The Bertz CT molecular complexity index is 248. The Hall–Kier alpha value is -0.150. The zero-order valence-corrected chi connectivity index (χ0v) is 10.1. The van der Waals surface area contributed by atoms with Crippen LogP contribution in [0, 0.1) is 6.67 Å². The van der Waals surface area contributed by atoms with Crippen molar-refractivity contribution in [3.63, 3.8) is 0 Å². The van der Waals surface area contributed by atoms with Gasteiger partial charge in [0.25, 0.3) is 0 Å². The average molecular weight is 379 g/mol. The third-order valence-electron chi connectivity index (χ3n) is 1.76. The normalized spacial score (nSPS) is 18.0. The van der Waals surface area contributed by atoms with Crippen LogP contribution < -0.4 is 0 Å². The van der Waals surface area contributed by atoms with Crippen molar-refractivity contribution in [2.24, 2.45) is 0 Å². The molecule has 0 saturated carbocycles. The van der Waals surface area contributed by atoms with Gasteiger partial charge in [0.2, 0.25) is 6.67 Å². The van der Waals surface area contributed by atoms with E-state index in [-0.39, 0.29) is 0 Å². The summed E-state index contributed by atoms with van der Waals surface area (Å²) >= 11 is 1.75. The Labute approximate surface area is 95.3 Å². The summed E-state index contributed by atoms with van der Waals surface area (Å²) in [5.74, 6) is 0. The summed E-state index contributed by atoms with van der Waals surface area (Å²) in [6, 6.07) is 0. The fraction of sp³-hybridized carbons (Fsp3) is 0.222. The molecule has 0 aromatic heterocycles. The van der Waals surface area contributed by atoms with Crippen LogP contribution >= 0.6 is 9.19 Å². The van der Waals surface area contributed by atoms with E-state index in [0.717, 1.165) is 6.54 Å². The van der Waals surface area contributed by atoms with Gasteiger partial charge in [0, 0.05) is 18.9 Å². The first-order valence-corrected chi connectivity index (χ1v) is 6.59. The summed E-state index contributed by atoms with van der Waals surface area (Å²) in [6.45, 7) is 6.26. The van der Waals surface area contributed by atoms with Gasteiger partial charge in [-0.15, -0.1) is 0 Å². The predicted molar refractivity (Wildman–Crippen MR) is 49.7 cm³/mol. The van der Waals surface area contributed by atoms with E-state index in [9.17, 15) is 0 Å². The van der Waals surface area contributed by atoms with Crippen LogP contribution in [-0.2, 0) is 20.0 Å². The third kappa shape index (κ3) is 2.64. The van der Waals surface area contributed by atoms with Gasteiger partial charge in [-0.25, -0.2) is 0 Å². The molecule has 2 heterocycles. The standard InChI is InChI=1S/C9H10N2.Au.ClH/c1-2-10-7-9-5-3-4-6-11(9)8-10;;/h3-7H,2H2,1H3;;1H/q;+1;/p-1. The van der Waals surface area contributed by atoms with Crippen molar-refractivity contribution in [3.8, 4) is 0 Å². The number of hydrogen-bond acceptors (Lipinski definition) is 2. The quantitative estimate of drug-likeness (QED) is 0.646. The zero-order valence-electron chi connectivity index (χ0n) is 7.17. The third-order valence-corrected chi connectivity index (χ3v) is 1.76. The molecule has 2 aliphatic rings. The van der Waals surface area contributed by atoms with Crippen molar-refractivity contribution >= 4 is 9.19 Å². The van der Waals surface area contributed by atoms with Gasteiger partial charge in [0.1, 0.15) is 0 Å². The van der Waals surface area contributed by atoms with Crippen molar-refractivity contribution in [1.82, 2.24) is 9.80 Å². The first-order valence-electron chi connectivity index (χ1n) is 3.90. The molecule has 0 aromatic rings. The molecule has 74 valence electrons.